The van der Waals surface area contributed by atoms with Gasteiger partial charge >= 0.3 is 5.97 Å². The van der Waals surface area contributed by atoms with Crippen molar-refractivity contribution in [1.29, 1.82) is 0 Å². The normalized spacial score (nSPS) is 14.8. The number of rotatable bonds is 3. The Morgan fingerprint density at radius 2 is 1.75 bits per heavy atom. The van der Waals surface area contributed by atoms with Crippen molar-refractivity contribution in [3.63, 3.8) is 0 Å². The number of carboxylic acids is 1. The summed E-state index contributed by atoms with van der Waals surface area (Å²) in [7, 11) is 0. The molecule has 0 aromatic heterocycles. The third-order valence-corrected chi connectivity index (χ3v) is 1.61. The van der Waals surface area contributed by atoms with Crippen molar-refractivity contribution in [2.45, 2.75) is 46.7 Å². The van der Waals surface area contributed by atoms with Crippen molar-refractivity contribution in [3.05, 3.63) is 0 Å². The smallest absolute Gasteiger partial charge is 0.321 e. The summed E-state index contributed by atoms with van der Waals surface area (Å²) in [6.07, 6.45) is 0. The molecule has 0 aromatic carbocycles. The lowest BCUT2D eigenvalue weighted by atomic mass is 9.86. The molecule has 2 N–H and O–H groups in total. The number of nitrogens with one attached hydrogen (secondary N) is 1. The predicted molar refractivity (Wildman–Crippen MR) is 49.2 cm³/mol. The molecule has 0 aliphatic rings. The molecule has 0 saturated carbocycles. The minimum atomic E-state index is -0.781. The predicted octanol–water partition coefficient (Wildman–Crippen LogP) is 1.48. The largest absolute Gasteiger partial charge is 0.480 e. The quantitative estimate of drug-likeness (QED) is 0.679. The molecule has 0 bridgehead atoms. The van der Waals surface area contributed by atoms with Crippen LogP contribution < -0.4 is 5.32 Å². The molecule has 3 heteroatoms. The second-order valence-electron chi connectivity index (χ2n) is 4.46. The van der Waals surface area contributed by atoms with E-state index < -0.39 is 12.0 Å². The van der Waals surface area contributed by atoms with E-state index in [9.17, 15) is 4.79 Å². The Labute approximate surface area is 74.2 Å². The van der Waals surface area contributed by atoms with Gasteiger partial charge in [-0.25, -0.2) is 0 Å². The summed E-state index contributed by atoms with van der Waals surface area (Å²) < 4.78 is 0. The Balaban J connectivity index is 4.35. The molecule has 12 heavy (non-hydrogen) atoms. The van der Waals surface area contributed by atoms with E-state index in [1.807, 2.05) is 34.6 Å². The zero-order valence-electron chi connectivity index (χ0n) is 8.51. The van der Waals surface area contributed by atoms with Crippen molar-refractivity contribution in [1.82, 2.24) is 5.32 Å². The maximum Gasteiger partial charge on any atom is 0.321 e. The van der Waals surface area contributed by atoms with Crippen LogP contribution >= 0.6 is 0 Å². The summed E-state index contributed by atoms with van der Waals surface area (Å²) in [4.78, 5) is 10.8. The first-order valence-electron chi connectivity index (χ1n) is 4.24. The summed E-state index contributed by atoms with van der Waals surface area (Å²) in [5.74, 6) is -0.781. The van der Waals surface area contributed by atoms with Gasteiger partial charge in [0.15, 0.2) is 0 Å². The van der Waals surface area contributed by atoms with Crippen LogP contribution in [0.4, 0.5) is 0 Å². The first-order chi connectivity index (χ1) is 5.25. The van der Waals surface area contributed by atoms with Crippen LogP contribution in [0, 0.1) is 5.41 Å². The van der Waals surface area contributed by atoms with Gasteiger partial charge in [0.2, 0.25) is 0 Å². The molecule has 0 spiro atoms. The van der Waals surface area contributed by atoms with E-state index in [0.29, 0.717) is 0 Å². The Hall–Kier alpha value is -0.570. The van der Waals surface area contributed by atoms with E-state index in [-0.39, 0.29) is 11.5 Å². The number of hydrogen-bond donors (Lipinski definition) is 2. The van der Waals surface area contributed by atoms with Crippen molar-refractivity contribution < 1.29 is 9.90 Å². The Morgan fingerprint density at radius 3 is 1.83 bits per heavy atom. The van der Waals surface area contributed by atoms with Crippen LogP contribution in [0.25, 0.3) is 0 Å². The van der Waals surface area contributed by atoms with Crippen LogP contribution in [0.2, 0.25) is 0 Å². The van der Waals surface area contributed by atoms with E-state index in [1.165, 1.54) is 0 Å². The van der Waals surface area contributed by atoms with Crippen LogP contribution in [-0.4, -0.2) is 23.2 Å². The summed E-state index contributed by atoms with van der Waals surface area (Å²) in [6, 6.07) is -0.275. The minimum absolute atomic E-state index is 0.199. The third kappa shape index (κ3) is 3.72. The van der Waals surface area contributed by atoms with Gasteiger partial charge in [0.1, 0.15) is 6.04 Å². The fraction of sp³-hybridized carbons (Fsp3) is 0.889. The number of aliphatic carboxylic acids is 1. The van der Waals surface area contributed by atoms with E-state index in [1.54, 1.807) is 0 Å². The van der Waals surface area contributed by atoms with Gasteiger partial charge in [0, 0.05) is 6.04 Å². The summed E-state index contributed by atoms with van der Waals surface area (Å²) >= 11 is 0. The highest BCUT2D eigenvalue weighted by molar-refractivity contribution is 5.74. The molecule has 0 saturated heterocycles. The van der Waals surface area contributed by atoms with E-state index >= 15 is 0 Å². The van der Waals surface area contributed by atoms with Gasteiger partial charge in [-0.2, -0.15) is 0 Å². The molecule has 1 atom stereocenters. The van der Waals surface area contributed by atoms with Crippen molar-refractivity contribution in [2.24, 2.45) is 5.41 Å². The Kier molecular flexibility index (Phi) is 3.71. The van der Waals surface area contributed by atoms with Gasteiger partial charge in [-0.15, -0.1) is 0 Å². The van der Waals surface area contributed by atoms with Gasteiger partial charge in [0.05, 0.1) is 0 Å². The molecule has 0 aliphatic carbocycles. The van der Waals surface area contributed by atoms with Crippen LogP contribution in [0.5, 0.6) is 0 Å². The van der Waals surface area contributed by atoms with Crippen LogP contribution in [0.3, 0.4) is 0 Å². The van der Waals surface area contributed by atoms with Crippen LogP contribution in [0.15, 0.2) is 0 Å². The highest BCUT2D eigenvalue weighted by Gasteiger charge is 2.31. The van der Waals surface area contributed by atoms with Gasteiger partial charge in [-0.3, -0.25) is 4.79 Å². The maximum absolute atomic E-state index is 10.8. The molecular weight excluding hydrogens is 154 g/mol. The molecular formula is C9H19NO2. The number of carbonyl (C=O) groups is 1. The van der Waals surface area contributed by atoms with Gasteiger partial charge in [-0.05, 0) is 5.41 Å². The van der Waals surface area contributed by atoms with Crippen molar-refractivity contribution in [2.75, 3.05) is 0 Å². The van der Waals surface area contributed by atoms with Crippen molar-refractivity contribution >= 4 is 5.97 Å². The summed E-state index contributed by atoms with van der Waals surface area (Å²) in [5, 5.41) is 11.9. The fourth-order valence-electron chi connectivity index (χ4n) is 1.03. The second kappa shape index (κ2) is 3.90. The van der Waals surface area contributed by atoms with Gasteiger partial charge in [0.25, 0.3) is 0 Å². The molecule has 0 fully saturated rings. The standard InChI is InChI=1S/C9H19NO2/c1-6(2)10-7(8(11)12)9(3,4)5/h6-7,10H,1-5H3,(H,11,12)/t7-/m1/s1. The molecule has 0 heterocycles. The number of carboxylic acid groups (broad SMARTS) is 1. The van der Waals surface area contributed by atoms with Crippen LogP contribution in [-0.2, 0) is 4.79 Å². The zero-order chi connectivity index (χ0) is 9.94. The molecule has 72 valence electrons. The first-order valence-corrected chi connectivity index (χ1v) is 4.24. The maximum atomic E-state index is 10.8. The molecule has 0 unspecified atom stereocenters. The average molecular weight is 173 g/mol. The van der Waals surface area contributed by atoms with Gasteiger partial charge in [-0.1, -0.05) is 34.6 Å². The van der Waals surface area contributed by atoms with E-state index in [0.717, 1.165) is 0 Å². The Morgan fingerprint density at radius 1 is 1.33 bits per heavy atom. The lowest BCUT2D eigenvalue weighted by Crippen LogP contribution is -2.49. The topological polar surface area (TPSA) is 49.3 Å². The average Bonchev–Trinajstić information content (AvgIpc) is 1.79. The zero-order valence-corrected chi connectivity index (χ0v) is 8.51. The lowest BCUT2D eigenvalue weighted by molar-refractivity contribution is -0.142. The second-order valence-corrected chi connectivity index (χ2v) is 4.46. The molecule has 3 nitrogen and oxygen atoms in total. The van der Waals surface area contributed by atoms with E-state index in [2.05, 4.69) is 5.32 Å². The molecule has 0 aromatic rings. The highest BCUT2D eigenvalue weighted by atomic mass is 16.4. The van der Waals surface area contributed by atoms with E-state index in [4.69, 9.17) is 5.11 Å². The fourth-order valence-corrected chi connectivity index (χ4v) is 1.03. The van der Waals surface area contributed by atoms with Crippen molar-refractivity contribution in [3.8, 4) is 0 Å². The third-order valence-electron chi connectivity index (χ3n) is 1.61. The summed E-state index contributed by atoms with van der Waals surface area (Å²) in [6.45, 7) is 9.65. The Bertz CT molecular complexity index is 158. The lowest BCUT2D eigenvalue weighted by Gasteiger charge is -2.29. The van der Waals surface area contributed by atoms with Crippen LogP contribution in [0.1, 0.15) is 34.6 Å². The number of hydrogen-bond acceptors (Lipinski definition) is 2. The molecule has 0 rings (SSSR count). The molecule has 0 amide bonds. The monoisotopic (exact) mass is 173 g/mol. The minimum Gasteiger partial charge on any atom is -0.480 e. The molecule has 0 radical (unpaired) electrons. The summed E-state index contributed by atoms with van der Waals surface area (Å²) in [5.41, 5.74) is -0.240. The first kappa shape index (κ1) is 11.4. The highest BCUT2D eigenvalue weighted by Crippen LogP contribution is 2.19. The SMILES string of the molecule is CC(C)N[C@H](C(=O)O)C(C)(C)C. The molecule has 0 aliphatic heterocycles. The van der Waals surface area contributed by atoms with Gasteiger partial charge < -0.3 is 10.4 Å².